The Bertz CT molecular complexity index is 294. The molecule has 1 saturated heterocycles. The number of rotatable bonds is 2. The zero-order chi connectivity index (χ0) is 9.97. The van der Waals surface area contributed by atoms with Crippen LogP contribution in [-0.4, -0.2) is 18.0 Å². The molecule has 1 aromatic rings. The Morgan fingerprint density at radius 3 is 2.64 bits per heavy atom. The van der Waals surface area contributed by atoms with E-state index in [9.17, 15) is 0 Å². The van der Waals surface area contributed by atoms with E-state index in [-0.39, 0.29) is 0 Å². The molecular formula is C12H15BrO. The Kier molecular flexibility index (Phi) is 3.24. The number of ether oxygens (including phenoxy) is 1. The molecule has 2 atom stereocenters. The van der Waals surface area contributed by atoms with Gasteiger partial charge < -0.3 is 4.74 Å². The van der Waals surface area contributed by atoms with Gasteiger partial charge in [0, 0.05) is 11.2 Å². The Hall–Kier alpha value is -0.340. The normalized spacial score (nSPS) is 26.7. The minimum absolute atomic E-state index is 0.404. The molecule has 0 saturated carbocycles. The van der Waals surface area contributed by atoms with Gasteiger partial charge in [0.15, 0.2) is 0 Å². The second kappa shape index (κ2) is 4.45. The SMILES string of the molecule is Cc1ccc([C@@H]2CO[C@H](CBr)C2)cc1. The van der Waals surface area contributed by atoms with Crippen molar-refractivity contribution in [2.75, 3.05) is 11.9 Å². The summed E-state index contributed by atoms with van der Waals surface area (Å²) in [6.07, 6.45) is 1.55. The molecule has 76 valence electrons. The molecule has 1 nitrogen and oxygen atoms in total. The lowest BCUT2D eigenvalue weighted by Gasteiger charge is -2.08. The first-order chi connectivity index (χ1) is 6.79. The molecule has 0 aromatic heterocycles. The Morgan fingerprint density at radius 2 is 2.07 bits per heavy atom. The van der Waals surface area contributed by atoms with Crippen molar-refractivity contribution in [3.05, 3.63) is 35.4 Å². The molecular weight excluding hydrogens is 240 g/mol. The summed E-state index contributed by atoms with van der Waals surface area (Å²) < 4.78 is 5.65. The van der Waals surface area contributed by atoms with Gasteiger partial charge in [-0.3, -0.25) is 0 Å². The molecule has 0 spiro atoms. The third-order valence-corrected chi connectivity index (χ3v) is 3.52. The maximum atomic E-state index is 5.65. The van der Waals surface area contributed by atoms with Crippen molar-refractivity contribution in [1.29, 1.82) is 0 Å². The van der Waals surface area contributed by atoms with Crippen LogP contribution in [0.25, 0.3) is 0 Å². The van der Waals surface area contributed by atoms with Crippen LogP contribution in [0.3, 0.4) is 0 Å². The maximum Gasteiger partial charge on any atom is 0.0678 e. The lowest BCUT2D eigenvalue weighted by molar-refractivity contribution is 0.127. The molecule has 0 N–H and O–H groups in total. The summed E-state index contributed by atoms with van der Waals surface area (Å²) in [7, 11) is 0. The Morgan fingerprint density at radius 1 is 1.36 bits per heavy atom. The lowest BCUT2D eigenvalue weighted by atomic mass is 9.96. The Balaban J connectivity index is 2.06. The minimum Gasteiger partial charge on any atom is -0.377 e. The van der Waals surface area contributed by atoms with E-state index in [2.05, 4.69) is 47.1 Å². The first-order valence-electron chi connectivity index (χ1n) is 5.03. The van der Waals surface area contributed by atoms with Crippen LogP contribution in [0.1, 0.15) is 23.5 Å². The quantitative estimate of drug-likeness (QED) is 0.737. The van der Waals surface area contributed by atoms with Gasteiger partial charge in [0.05, 0.1) is 12.7 Å². The van der Waals surface area contributed by atoms with Gasteiger partial charge in [-0.05, 0) is 18.9 Å². The third-order valence-electron chi connectivity index (χ3n) is 2.80. The highest BCUT2D eigenvalue weighted by Crippen LogP contribution is 2.30. The number of hydrogen-bond donors (Lipinski definition) is 0. The molecule has 2 rings (SSSR count). The molecule has 0 radical (unpaired) electrons. The van der Waals surface area contributed by atoms with Crippen molar-refractivity contribution in [3.63, 3.8) is 0 Å². The summed E-state index contributed by atoms with van der Waals surface area (Å²) in [6, 6.07) is 8.80. The van der Waals surface area contributed by atoms with Crippen molar-refractivity contribution < 1.29 is 4.74 Å². The van der Waals surface area contributed by atoms with Crippen LogP contribution >= 0.6 is 15.9 Å². The molecule has 0 aliphatic carbocycles. The van der Waals surface area contributed by atoms with Gasteiger partial charge >= 0.3 is 0 Å². The highest BCUT2D eigenvalue weighted by atomic mass is 79.9. The van der Waals surface area contributed by atoms with Crippen LogP contribution in [0.5, 0.6) is 0 Å². The van der Waals surface area contributed by atoms with Gasteiger partial charge in [-0.2, -0.15) is 0 Å². The first-order valence-corrected chi connectivity index (χ1v) is 6.16. The average Bonchev–Trinajstić information content (AvgIpc) is 2.67. The fourth-order valence-electron chi connectivity index (χ4n) is 1.88. The predicted molar refractivity (Wildman–Crippen MR) is 62.1 cm³/mol. The van der Waals surface area contributed by atoms with E-state index in [4.69, 9.17) is 4.74 Å². The Labute approximate surface area is 93.6 Å². The van der Waals surface area contributed by atoms with Crippen LogP contribution in [0.4, 0.5) is 0 Å². The van der Waals surface area contributed by atoms with Gasteiger partial charge in [-0.15, -0.1) is 0 Å². The summed E-state index contributed by atoms with van der Waals surface area (Å²) in [5, 5.41) is 0.954. The predicted octanol–water partition coefficient (Wildman–Crippen LogP) is 3.26. The van der Waals surface area contributed by atoms with Crippen molar-refractivity contribution in [3.8, 4) is 0 Å². The van der Waals surface area contributed by atoms with Crippen LogP contribution in [0, 0.1) is 6.92 Å². The third kappa shape index (κ3) is 2.18. The molecule has 2 heteroatoms. The summed E-state index contributed by atoms with van der Waals surface area (Å²) >= 11 is 3.46. The second-order valence-corrected chi connectivity index (χ2v) is 4.60. The van der Waals surface area contributed by atoms with Gasteiger partial charge in [-0.25, -0.2) is 0 Å². The van der Waals surface area contributed by atoms with Crippen LogP contribution in [-0.2, 0) is 4.74 Å². The van der Waals surface area contributed by atoms with E-state index in [0.29, 0.717) is 12.0 Å². The van der Waals surface area contributed by atoms with Crippen molar-refractivity contribution >= 4 is 15.9 Å². The molecule has 14 heavy (non-hydrogen) atoms. The van der Waals surface area contributed by atoms with Gasteiger partial charge in [-0.1, -0.05) is 45.8 Å². The van der Waals surface area contributed by atoms with Gasteiger partial charge in [0.1, 0.15) is 0 Å². The topological polar surface area (TPSA) is 9.23 Å². The number of aryl methyl sites for hydroxylation is 1. The zero-order valence-corrected chi connectivity index (χ0v) is 9.96. The smallest absolute Gasteiger partial charge is 0.0678 e. The minimum atomic E-state index is 0.404. The van der Waals surface area contributed by atoms with E-state index < -0.39 is 0 Å². The lowest BCUT2D eigenvalue weighted by Crippen LogP contribution is -2.05. The van der Waals surface area contributed by atoms with Crippen molar-refractivity contribution in [2.45, 2.75) is 25.4 Å². The molecule has 1 fully saturated rings. The second-order valence-electron chi connectivity index (χ2n) is 3.95. The van der Waals surface area contributed by atoms with E-state index in [1.165, 1.54) is 11.1 Å². The van der Waals surface area contributed by atoms with Crippen molar-refractivity contribution in [2.24, 2.45) is 0 Å². The fraction of sp³-hybridized carbons (Fsp3) is 0.500. The number of benzene rings is 1. The molecule has 1 heterocycles. The summed E-state index contributed by atoms with van der Waals surface area (Å²) in [5.41, 5.74) is 2.74. The van der Waals surface area contributed by atoms with E-state index in [0.717, 1.165) is 18.4 Å². The molecule has 1 aliphatic heterocycles. The maximum absolute atomic E-state index is 5.65. The largest absolute Gasteiger partial charge is 0.377 e. The molecule has 0 amide bonds. The summed E-state index contributed by atoms with van der Waals surface area (Å²) in [5.74, 6) is 0.596. The number of hydrogen-bond acceptors (Lipinski definition) is 1. The highest BCUT2D eigenvalue weighted by molar-refractivity contribution is 9.09. The van der Waals surface area contributed by atoms with Crippen LogP contribution < -0.4 is 0 Å². The molecule has 1 aromatic carbocycles. The standard InChI is InChI=1S/C12H15BrO/c1-9-2-4-10(5-3-9)11-6-12(7-13)14-8-11/h2-5,11-12H,6-8H2,1H3/t11-,12-/m0/s1. The van der Waals surface area contributed by atoms with Crippen LogP contribution in [0.15, 0.2) is 24.3 Å². The molecule has 0 unspecified atom stereocenters. The first kappa shape index (κ1) is 10.2. The van der Waals surface area contributed by atoms with Gasteiger partial charge in [0.2, 0.25) is 0 Å². The molecule has 0 bridgehead atoms. The fourth-order valence-corrected chi connectivity index (χ4v) is 2.34. The summed E-state index contributed by atoms with van der Waals surface area (Å²) in [6.45, 7) is 3.00. The average molecular weight is 255 g/mol. The van der Waals surface area contributed by atoms with Gasteiger partial charge in [0.25, 0.3) is 0 Å². The van der Waals surface area contributed by atoms with E-state index >= 15 is 0 Å². The van der Waals surface area contributed by atoms with E-state index in [1.54, 1.807) is 0 Å². The van der Waals surface area contributed by atoms with E-state index in [1.807, 2.05) is 0 Å². The summed E-state index contributed by atoms with van der Waals surface area (Å²) in [4.78, 5) is 0. The number of halogens is 1. The highest BCUT2D eigenvalue weighted by Gasteiger charge is 2.25. The van der Waals surface area contributed by atoms with Crippen molar-refractivity contribution in [1.82, 2.24) is 0 Å². The van der Waals surface area contributed by atoms with Crippen LogP contribution in [0.2, 0.25) is 0 Å². The molecule has 1 aliphatic rings. The zero-order valence-electron chi connectivity index (χ0n) is 8.37. The monoisotopic (exact) mass is 254 g/mol. The number of alkyl halides is 1.